The largest absolute Gasteiger partial charge is 0.409 e. The summed E-state index contributed by atoms with van der Waals surface area (Å²) in [5, 5.41) is 14.8. The van der Waals surface area contributed by atoms with Crippen molar-refractivity contribution >= 4 is 11.7 Å². The smallest absolute Gasteiger partial charge is 0.235 e. The van der Waals surface area contributed by atoms with E-state index in [1.54, 1.807) is 24.3 Å². The summed E-state index contributed by atoms with van der Waals surface area (Å²) in [4.78, 5) is 12.5. The molecular formula is C14H19N3O3. The van der Waals surface area contributed by atoms with Crippen molar-refractivity contribution in [1.82, 2.24) is 5.32 Å². The number of benzene rings is 1. The lowest BCUT2D eigenvalue weighted by molar-refractivity contribution is -0.123. The standard InChI is InChI=1S/C14H19N3O3/c1-14(7-8-20-9-14)16-13(18)11(12(15)17-19)10-5-3-2-4-6-10/h2-6,11,19H,7-9H2,1H3,(H2,15,17)(H,16,18). The molecule has 6 heteroatoms. The summed E-state index contributed by atoms with van der Waals surface area (Å²) in [6.45, 7) is 3.01. The summed E-state index contributed by atoms with van der Waals surface area (Å²) in [6.07, 6.45) is 0.746. The van der Waals surface area contributed by atoms with Crippen molar-refractivity contribution in [3.63, 3.8) is 0 Å². The van der Waals surface area contributed by atoms with Crippen molar-refractivity contribution in [3.8, 4) is 0 Å². The second kappa shape index (κ2) is 5.92. The number of amides is 1. The van der Waals surface area contributed by atoms with Gasteiger partial charge in [-0.05, 0) is 18.9 Å². The van der Waals surface area contributed by atoms with Gasteiger partial charge in [-0.2, -0.15) is 0 Å². The molecule has 4 N–H and O–H groups in total. The molecule has 20 heavy (non-hydrogen) atoms. The van der Waals surface area contributed by atoms with Gasteiger partial charge in [-0.15, -0.1) is 0 Å². The highest BCUT2D eigenvalue weighted by atomic mass is 16.5. The SMILES string of the molecule is CC1(NC(=O)C(/C(N)=N/O)c2ccccc2)CCOC1. The highest BCUT2D eigenvalue weighted by Crippen LogP contribution is 2.21. The Morgan fingerprint density at radius 2 is 2.20 bits per heavy atom. The summed E-state index contributed by atoms with van der Waals surface area (Å²) in [7, 11) is 0. The molecule has 0 saturated carbocycles. The minimum atomic E-state index is -0.807. The van der Waals surface area contributed by atoms with Crippen LogP contribution in [0.5, 0.6) is 0 Å². The van der Waals surface area contributed by atoms with Crippen LogP contribution in [-0.2, 0) is 9.53 Å². The number of amidine groups is 1. The average molecular weight is 277 g/mol. The normalized spacial score (nSPS) is 24.4. The van der Waals surface area contributed by atoms with Gasteiger partial charge in [-0.1, -0.05) is 35.5 Å². The lowest BCUT2D eigenvalue weighted by Crippen LogP contribution is -2.50. The third kappa shape index (κ3) is 3.08. The van der Waals surface area contributed by atoms with E-state index in [0.717, 1.165) is 6.42 Å². The number of hydrogen-bond donors (Lipinski definition) is 3. The zero-order valence-corrected chi connectivity index (χ0v) is 11.4. The highest BCUT2D eigenvalue weighted by Gasteiger charge is 2.35. The molecule has 6 nitrogen and oxygen atoms in total. The third-order valence-corrected chi connectivity index (χ3v) is 3.45. The molecule has 1 aromatic carbocycles. The second-order valence-corrected chi connectivity index (χ2v) is 5.22. The molecule has 0 aliphatic carbocycles. The molecule has 0 spiro atoms. The van der Waals surface area contributed by atoms with Gasteiger partial charge in [0.05, 0.1) is 12.1 Å². The third-order valence-electron chi connectivity index (χ3n) is 3.45. The van der Waals surface area contributed by atoms with Gasteiger partial charge in [0.2, 0.25) is 5.91 Å². The maximum absolute atomic E-state index is 12.5. The Morgan fingerprint density at radius 1 is 1.50 bits per heavy atom. The average Bonchev–Trinajstić information content (AvgIpc) is 2.86. The Bertz CT molecular complexity index is 496. The van der Waals surface area contributed by atoms with Gasteiger partial charge in [0.15, 0.2) is 5.84 Å². The van der Waals surface area contributed by atoms with E-state index in [1.165, 1.54) is 0 Å². The first-order valence-electron chi connectivity index (χ1n) is 6.48. The molecule has 1 amide bonds. The van der Waals surface area contributed by atoms with Crippen molar-refractivity contribution in [2.45, 2.75) is 24.8 Å². The number of oxime groups is 1. The Kier molecular flexibility index (Phi) is 4.24. The number of hydrogen-bond acceptors (Lipinski definition) is 4. The van der Waals surface area contributed by atoms with Crippen LogP contribution in [0, 0.1) is 0 Å². The second-order valence-electron chi connectivity index (χ2n) is 5.22. The molecule has 0 aromatic heterocycles. The predicted octanol–water partition coefficient (Wildman–Crippen LogP) is 0.812. The zero-order chi connectivity index (χ0) is 14.6. The Balaban J connectivity index is 2.21. The summed E-state index contributed by atoms with van der Waals surface area (Å²) in [5.41, 5.74) is 5.96. The molecule has 1 saturated heterocycles. The van der Waals surface area contributed by atoms with Gasteiger partial charge in [0.25, 0.3) is 0 Å². The fraction of sp³-hybridized carbons (Fsp3) is 0.429. The molecular weight excluding hydrogens is 258 g/mol. The van der Waals surface area contributed by atoms with Crippen LogP contribution in [0.1, 0.15) is 24.8 Å². The molecule has 1 aliphatic rings. The summed E-state index contributed by atoms with van der Waals surface area (Å²) >= 11 is 0. The van der Waals surface area contributed by atoms with E-state index in [2.05, 4.69) is 10.5 Å². The van der Waals surface area contributed by atoms with Crippen molar-refractivity contribution in [3.05, 3.63) is 35.9 Å². The van der Waals surface area contributed by atoms with Gasteiger partial charge in [-0.25, -0.2) is 0 Å². The summed E-state index contributed by atoms with van der Waals surface area (Å²) in [5.74, 6) is -1.23. The molecule has 0 bridgehead atoms. The topological polar surface area (TPSA) is 96.9 Å². The number of carbonyl (C=O) groups is 1. The highest BCUT2D eigenvalue weighted by molar-refractivity contribution is 6.07. The quantitative estimate of drug-likeness (QED) is 0.328. The minimum absolute atomic E-state index is 0.129. The van der Waals surface area contributed by atoms with Gasteiger partial charge in [0, 0.05) is 6.61 Å². The Labute approximate surface area is 117 Å². The molecule has 2 unspecified atom stereocenters. The van der Waals surface area contributed by atoms with E-state index in [-0.39, 0.29) is 11.7 Å². The van der Waals surface area contributed by atoms with Crippen molar-refractivity contribution in [2.24, 2.45) is 10.9 Å². The van der Waals surface area contributed by atoms with Crippen LogP contribution >= 0.6 is 0 Å². The fourth-order valence-electron chi connectivity index (χ4n) is 2.29. The lowest BCUT2D eigenvalue weighted by atomic mass is 9.94. The van der Waals surface area contributed by atoms with E-state index < -0.39 is 11.5 Å². The van der Waals surface area contributed by atoms with Gasteiger partial charge < -0.3 is 21.0 Å². The van der Waals surface area contributed by atoms with E-state index in [9.17, 15) is 4.79 Å². The molecule has 2 atom stereocenters. The van der Waals surface area contributed by atoms with E-state index in [1.807, 2.05) is 13.0 Å². The first kappa shape index (κ1) is 14.3. The summed E-state index contributed by atoms with van der Waals surface area (Å²) in [6, 6.07) is 9.00. The molecule has 2 rings (SSSR count). The molecule has 108 valence electrons. The maximum atomic E-state index is 12.5. The Hall–Kier alpha value is -2.08. The molecule has 1 heterocycles. The monoisotopic (exact) mass is 277 g/mol. The first-order chi connectivity index (χ1) is 9.56. The van der Waals surface area contributed by atoms with Crippen LogP contribution in [0.2, 0.25) is 0 Å². The molecule has 1 fully saturated rings. The van der Waals surface area contributed by atoms with Crippen LogP contribution in [0.25, 0.3) is 0 Å². The maximum Gasteiger partial charge on any atom is 0.235 e. The van der Waals surface area contributed by atoms with Crippen molar-refractivity contribution < 1.29 is 14.7 Å². The van der Waals surface area contributed by atoms with E-state index in [4.69, 9.17) is 15.7 Å². The number of ether oxygens (including phenoxy) is 1. The van der Waals surface area contributed by atoms with Crippen LogP contribution in [-0.4, -0.2) is 35.7 Å². The van der Waals surface area contributed by atoms with Gasteiger partial charge in [0.1, 0.15) is 5.92 Å². The van der Waals surface area contributed by atoms with Crippen LogP contribution in [0.15, 0.2) is 35.5 Å². The zero-order valence-electron chi connectivity index (χ0n) is 11.4. The first-order valence-corrected chi connectivity index (χ1v) is 6.48. The van der Waals surface area contributed by atoms with Crippen LogP contribution < -0.4 is 11.1 Å². The van der Waals surface area contributed by atoms with E-state index >= 15 is 0 Å². The minimum Gasteiger partial charge on any atom is -0.409 e. The number of nitrogens with zero attached hydrogens (tertiary/aromatic N) is 1. The van der Waals surface area contributed by atoms with E-state index in [0.29, 0.717) is 18.8 Å². The Morgan fingerprint density at radius 3 is 2.75 bits per heavy atom. The fourth-order valence-corrected chi connectivity index (χ4v) is 2.29. The number of nitrogens with two attached hydrogens (primary N) is 1. The van der Waals surface area contributed by atoms with Gasteiger partial charge in [-0.3, -0.25) is 4.79 Å². The molecule has 0 radical (unpaired) electrons. The molecule has 1 aliphatic heterocycles. The number of carbonyl (C=O) groups excluding carboxylic acids is 1. The number of rotatable bonds is 4. The van der Waals surface area contributed by atoms with Crippen molar-refractivity contribution in [2.75, 3.05) is 13.2 Å². The van der Waals surface area contributed by atoms with Crippen molar-refractivity contribution in [1.29, 1.82) is 0 Å². The summed E-state index contributed by atoms with van der Waals surface area (Å²) < 4.78 is 5.31. The molecule has 1 aromatic rings. The van der Waals surface area contributed by atoms with Gasteiger partial charge >= 0.3 is 0 Å². The van der Waals surface area contributed by atoms with Crippen LogP contribution in [0.4, 0.5) is 0 Å². The number of nitrogens with one attached hydrogen (secondary N) is 1. The lowest BCUT2D eigenvalue weighted by Gasteiger charge is -2.26. The predicted molar refractivity (Wildman–Crippen MR) is 74.6 cm³/mol. The van der Waals surface area contributed by atoms with Crippen LogP contribution in [0.3, 0.4) is 0 Å².